The summed E-state index contributed by atoms with van der Waals surface area (Å²) in [6.07, 6.45) is 0. The van der Waals surface area contributed by atoms with Crippen LogP contribution in [0.25, 0.3) is 0 Å². The quantitative estimate of drug-likeness (QED) is 0.457. The second-order valence-corrected chi connectivity index (χ2v) is 5.79. The Bertz CT molecular complexity index is 816. The first-order chi connectivity index (χ1) is 12.3. The summed E-state index contributed by atoms with van der Waals surface area (Å²) in [5, 5.41) is 17.6. The molecule has 9 heteroatoms. The van der Waals surface area contributed by atoms with E-state index in [0.29, 0.717) is 0 Å². The Hall–Kier alpha value is -3.23. The number of carbonyl (C=O) groups excluding carboxylic acids is 2. The maximum Gasteiger partial charge on any atom is 0.328 e. The van der Waals surface area contributed by atoms with Crippen molar-refractivity contribution >= 4 is 17.6 Å². The van der Waals surface area contributed by atoms with E-state index in [1.54, 1.807) is 0 Å². The Kier molecular flexibility index (Phi) is 6.05. The van der Waals surface area contributed by atoms with Gasteiger partial charge in [-0.15, -0.1) is 0 Å². The number of aryl methyl sites for hydroxylation is 1. The first kappa shape index (κ1) is 19.1. The van der Waals surface area contributed by atoms with Crippen molar-refractivity contribution in [1.29, 1.82) is 0 Å². The van der Waals surface area contributed by atoms with Gasteiger partial charge in [0.15, 0.2) is 6.61 Å². The number of carbonyl (C=O) groups is 2. The first-order valence-electron chi connectivity index (χ1n) is 7.98. The molecule has 138 valence electrons. The molecule has 26 heavy (non-hydrogen) atoms. The molecule has 0 radical (unpaired) electrons. The Morgan fingerprint density at radius 2 is 1.96 bits per heavy atom. The molecule has 1 amide bonds. The molecule has 0 saturated carbocycles. The molecule has 2 rings (SSSR count). The van der Waals surface area contributed by atoms with E-state index in [-0.39, 0.29) is 29.7 Å². The number of rotatable bonds is 7. The van der Waals surface area contributed by atoms with E-state index in [0.717, 1.165) is 5.56 Å². The summed E-state index contributed by atoms with van der Waals surface area (Å²) in [7, 11) is 0. The van der Waals surface area contributed by atoms with Crippen LogP contribution in [0.2, 0.25) is 0 Å². The summed E-state index contributed by atoms with van der Waals surface area (Å²) in [5.74, 6) is -1.14. The summed E-state index contributed by atoms with van der Waals surface area (Å²) >= 11 is 0. The number of nitrogens with zero attached hydrogens (tertiary/aromatic N) is 3. The fourth-order valence-corrected chi connectivity index (χ4v) is 2.53. The topological polar surface area (TPSA) is 116 Å². The molecule has 0 aliphatic carbocycles. The van der Waals surface area contributed by atoms with E-state index in [1.165, 1.54) is 18.5 Å². The van der Waals surface area contributed by atoms with Gasteiger partial charge in [0.2, 0.25) is 0 Å². The number of benzene rings is 1. The normalized spacial score (nSPS) is 11.7. The molecule has 0 saturated heterocycles. The zero-order chi connectivity index (χ0) is 19.3. The fourth-order valence-electron chi connectivity index (χ4n) is 2.53. The highest BCUT2D eigenvalue weighted by molar-refractivity contribution is 5.80. The van der Waals surface area contributed by atoms with Crippen molar-refractivity contribution < 1.29 is 19.2 Å². The summed E-state index contributed by atoms with van der Waals surface area (Å²) in [6.45, 7) is 4.08. The van der Waals surface area contributed by atoms with Gasteiger partial charge in [0.1, 0.15) is 17.9 Å². The van der Waals surface area contributed by atoms with E-state index in [4.69, 9.17) is 4.74 Å². The highest BCUT2D eigenvalue weighted by Crippen LogP contribution is 2.21. The van der Waals surface area contributed by atoms with Gasteiger partial charge in [-0.1, -0.05) is 30.3 Å². The lowest BCUT2D eigenvalue weighted by molar-refractivity contribution is -0.386. The van der Waals surface area contributed by atoms with E-state index in [1.807, 2.05) is 37.3 Å². The number of nitrogens with one attached hydrogen (secondary N) is 1. The van der Waals surface area contributed by atoms with Crippen LogP contribution in [0.5, 0.6) is 0 Å². The van der Waals surface area contributed by atoms with Gasteiger partial charge < -0.3 is 10.1 Å². The number of hydrogen-bond acceptors (Lipinski definition) is 6. The van der Waals surface area contributed by atoms with E-state index in [2.05, 4.69) is 10.4 Å². The van der Waals surface area contributed by atoms with Crippen molar-refractivity contribution in [3.63, 3.8) is 0 Å². The number of amides is 1. The van der Waals surface area contributed by atoms with Crippen molar-refractivity contribution in [3.05, 3.63) is 57.4 Å². The summed E-state index contributed by atoms with van der Waals surface area (Å²) in [6, 6.07) is 9.15. The highest BCUT2D eigenvalue weighted by Gasteiger charge is 2.23. The van der Waals surface area contributed by atoms with Crippen LogP contribution in [0.3, 0.4) is 0 Å². The van der Waals surface area contributed by atoms with Crippen LogP contribution in [-0.4, -0.2) is 33.2 Å². The Balaban J connectivity index is 1.86. The molecule has 1 N–H and O–H groups in total. The van der Waals surface area contributed by atoms with Crippen molar-refractivity contribution in [1.82, 2.24) is 15.1 Å². The molecule has 0 bridgehead atoms. The van der Waals surface area contributed by atoms with Crippen LogP contribution >= 0.6 is 0 Å². The SMILES string of the molecule is Cc1nn(CC(=O)OCC(=O)N[C@@H](C)c2ccccc2)c(C)c1[N+](=O)[O-]. The zero-order valence-electron chi connectivity index (χ0n) is 14.8. The van der Waals surface area contributed by atoms with Crippen molar-refractivity contribution in [2.24, 2.45) is 0 Å². The molecular formula is C17H20N4O5. The number of aromatic nitrogens is 2. The lowest BCUT2D eigenvalue weighted by Crippen LogP contribution is -2.31. The van der Waals surface area contributed by atoms with Crippen LogP contribution < -0.4 is 5.32 Å². The second-order valence-electron chi connectivity index (χ2n) is 5.79. The minimum atomic E-state index is -0.701. The fraction of sp³-hybridized carbons (Fsp3) is 0.353. The van der Waals surface area contributed by atoms with Gasteiger partial charge >= 0.3 is 11.7 Å². The molecular weight excluding hydrogens is 340 g/mol. The molecule has 1 heterocycles. The lowest BCUT2D eigenvalue weighted by atomic mass is 10.1. The number of ether oxygens (including phenoxy) is 1. The third-order valence-corrected chi connectivity index (χ3v) is 3.85. The molecule has 1 aromatic carbocycles. The Morgan fingerprint density at radius 3 is 2.54 bits per heavy atom. The average molecular weight is 360 g/mol. The largest absolute Gasteiger partial charge is 0.454 e. The average Bonchev–Trinajstić information content (AvgIpc) is 2.87. The Labute approximate surface area is 150 Å². The summed E-state index contributed by atoms with van der Waals surface area (Å²) in [4.78, 5) is 34.2. The molecule has 9 nitrogen and oxygen atoms in total. The minimum absolute atomic E-state index is 0.132. The van der Waals surface area contributed by atoms with Crippen LogP contribution in [-0.2, 0) is 20.9 Å². The second kappa shape index (κ2) is 8.24. The predicted molar refractivity (Wildman–Crippen MR) is 92.3 cm³/mol. The number of hydrogen-bond donors (Lipinski definition) is 1. The van der Waals surface area contributed by atoms with Crippen molar-refractivity contribution in [2.75, 3.05) is 6.61 Å². The van der Waals surface area contributed by atoms with Gasteiger partial charge in [0, 0.05) is 0 Å². The molecule has 0 fully saturated rings. The highest BCUT2D eigenvalue weighted by atomic mass is 16.6. The third kappa shape index (κ3) is 4.65. The van der Waals surface area contributed by atoms with E-state index < -0.39 is 23.4 Å². The van der Waals surface area contributed by atoms with Crippen molar-refractivity contribution in [2.45, 2.75) is 33.4 Å². The minimum Gasteiger partial charge on any atom is -0.454 e. The molecule has 0 unspecified atom stereocenters. The van der Waals surface area contributed by atoms with Gasteiger partial charge in [-0.2, -0.15) is 5.10 Å². The molecule has 1 atom stereocenters. The van der Waals surface area contributed by atoms with E-state index >= 15 is 0 Å². The Morgan fingerprint density at radius 1 is 1.31 bits per heavy atom. The van der Waals surface area contributed by atoms with Gasteiger partial charge in [0.25, 0.3) is 5.91 Å². The summed E-state index contributed by atoms with van der Waals surface area (Å²) < 4.78 is 6.12. The molecule has 0 aliphatic heterocycles. The van der Waals surface area contributed by atoms with Crippen LogP contribution in [0.1, 0.15) is 29.9 Å². The standard InChI is InChI=1S/C17H20N4O5/c1-11(14-7-5-4-6-8-14)18-15(22)10-26-16(23)9-20-13(3)17(21(24)25)12(2)19-20/h4-8,11H,9-10H2,1-3H3,(H,18,22)/t11-/m0/s1. The maximum absolute atomic E-state index is 11.9. The third-order valence-electron chi connectivity index (χ3n) is 3.85. The van der Waals surface area contributed by atoms with Crippen LogP contribution in [0.4, 0.5) is 5.69 Å². The summed E-state index contributed by atoms with van der Waals surface area (Å²) in [5.41, 5.74) is 1.27. The van der Waals surface area contributed by atoms with E-state index in [9.17, 15) is 19.7 Å². The molecule has 0 aliphatic rings. The smallest absolute Gasteiger partial charge is 0.328 e. The van der Waals surface area contributed by atoms with Gasteiger partial charge in [-0.3, -0.25) is 24.4 Å². The monoisotopic (exact) mass is 360 g/mol. The predicted octanol–water partition coefficient (Wildman–Crippen LogP) is 1.83. The van der Waals surface area contributed by atoms with Crippen molar-refractivity contribution in [3.8, 4) is 0 Å². The molecule has 0 spiro atoms. The number of nitro groups is 1. The first-order valence-corrected chi connectivity index (χ1v) is 7.98. The van der Waals surface area contributed by atoms with Gasteiger partial charge in [0.05, 0.1) is 11.0 Å². The molecule has 1 aromatic heterocycles. The number of esters is 1. The van der Waals surface area contributed by atoms with Crippen LogP contribution in [0, 0.1) is 24.0 Å². The maximum atomic E-state index is 11.9. The van der Waals surface area contributed by atoms with Crippen LogP contribution in [0.15, 0.2) is 30.3 Å². The van der Waals surface area contributed by atoms with Gasteiger partial charge in [-0.05, 0) is 26.3 Å². The van der Waals surface area contributed by atoms with Gasteiger partial charge in [-0.25, -0.2) is 0 Å². The molecule has 2 aromatic rings. The zero-order valence-corrected chi connectivity index (χ0v) is 14.8. The lowest BCUT2D eigenvalue weighted by Gasteiger charge is -2.14.